The van der Waals surface area contributed by atoms with Crippen molar-refractivity contribution in [3.8, 4) is 22.8 Å². The van der Waals surface area contributed by atoms with Crippen LogP contribution in [0.1, 0.15) is 0 Å². The van der Waals surface area contributed by atoms with Crippen molar-refractivity contribution in [2.45, 2.75) is 0 Å². The Bertz CT molecular complexity index is 815. The molecule has 24 heavy (non-hydrogen) atoms. The van der Waals surface area contributed by atoms with Crippen LogP contribution in [-0.2, 0) is 4.79 Å². The molecule has 0 spiro atoms. The monoisotopic (exact) mass is 323 g/mol. The van der Waals surface area contributed by atoms with Crippen LogP contribution in [0, 0.1) is 0 Å². The number of anilines is 1. The van der Waals surface area contributed by atoms with Crippen molar-refractivity contribution in [2.24, 2.45) is 0 Å². The number of hydrogen-bond donors (Lipinski definition) is 2. The lowest BCUT2D eigenvalue weighted by molar-refractivity contribution is -0.118. The number of nitrogens with one attached hydrogen (secondary N) is 2. The highest BCUT2D eigenvalue weighted by Gasteiger charge is 2.09. The average molecular weight is 323 g/mol. The molecule has 1 amide bonds. The van der Waals surface area contributed by atoms with Crippen LogP contribution in [0.3, 0.4) is 0 Å². The van der Waals surface area contributed by atoms with Crippen molar-refractivity contribution >= 4 is 11.7 Å². The molecule has 0 radical (unpaired) electrons. The summed E-state index contributed by atoms with van der Waals surface area (Å²) in [7, 11) is 1.55. The highest BCUT2D eigenvalue weighted by Crippen LogP contribution is 2.25. The maximum Gasteiger partial charge on any atom is 0.263 e. The van der Waals surface area contributed by atoms with Gasteiger partial charge in [-0.05, 0) is 17.7 Å². The number of aromatic amines is 1. The molecule has 6 nitrogen and oxygen atoms in total. The summed E-state index contributed by atoms with van der Waals surface area (Å²) >= 11 is 0. The predicted molar refractivity (Wildman–Crippen MR) is 91.1 cm³/mol. The van der Waals surface area contributed by atoms with E-state index in [1.54, 1.807) is 25.3 Å². The highest BCUT2D eigenvalue weighted by atomic mass is 16.5. The number of carbonyl (C=O) groups is 1. The van der Waals surface area contributed by atoms with Crippen LogP contribution in [-0.4, -0.2) is 29.8 Å². The molecule has 1 heterocycles. The Morgan fingerprint density at radius 1 is 1.08 bits per heavy atom. The van der Waals surface area contributed by atoms with E-state index in [9.17, 15) is 4.79 Å². The molecule has 3 rings (SSSR count). The molecule has 2 aromatic carbocycles. The summed E-state index contributed by atoms with van der Waals surface area (Å²) < 4.78 is 10.7. The van der Waals surface area contributed by atoms with E-state index in [1.165, 1.54) is 0 Å². The van der Waals surface area contributed by atoms with Crippen molar-refractivity contribution in [3.63, 3.8) is 0 Å². The Morgan fingerprint density at radius 3 is 2.54 bits per heavy atom. The molecule has 0 bridgehead atoms. The van der Waals surface area contributed by atoms with Crippen LogP contribution >= 0.6 is 0 Å². The van der Waals surface area contributed by atoms with Crippen LogP contribution in [0.2, 0.25) is 0 Å². The number of hydrogen-bond acceptors (Lipinski definition) is 4. The van der Waals surface area contributed by atoms with E-state index in [4.69, 9.17) is 9.47 Å². The third kappa shape index (κ3) is 3.73. The molecule has 0 saturated heterocycles. The molecule has 0 unspecified atom stereocenters. The lowest BCUT2D eigenvalue weighted by Gasteiger charge is -2.09. The number of ether oxygens (including phenoxy) is 2. The zero-order chi connectivity index (χ0) is 16.8. The van der Waals surface area contributed by atoms with Crippen molar-refractivity contribution in [2.75, 3.05) is 19.0 Å². The van der Waals surface area contributed by atoms with Crippen molar-refractivity contribution in [1.29, 1.82) is 0 Å². The van der Waals surface area contributed by atoms with Gasteiger partial charge in [-0.15, -0.1) is 0 Å². The normalized spacial score (nSPS) is 10.2. The third-order valence-electron chi connectivity index (χ3n) is 3.36. The summed E-state index contributed by atoms with van der Waals surface area (Å²) in [5.41, 5.74) is 1.83. The van der Waals surface area contributed by atoms with E-state index < -0.39 is 0 Å². The molecule has 0 aliphatic heterocycles. The Balaban J connectivity index is 1.58. The Labute approximate surface area is 139 Å². The minimum atomic E-state index is -0.299. The van der Waals surface area contributed by atoms with E-state index >= 15 is 0 Å². The predicted octanol–water partition coefficient (Wildman–Crippen LogP) is 3.10. The van der Waals surface area contributed by atoms with Gasteiger partial charge in [-0.2, -0.15) is 5.10 Å². The van der Waals surface area contributed by atoms with Gasteiger partial charge in [-0.1, -0.05) is 42.5 Å². The van der Waals surface area contributed by atoms with Crippen molar-refractivity contribution < 1.29 is 14.3 Å². The van der Waals surface area contributed by atoms with Gasteiger partial charge in [0.25, 0.3) is 5.91 Å². The number of benzene rings is 2. The van der Waals surface area contributed by atoms with E-state index in [-0.39, 0.29) is 12.5 Å². The molecular weight excluding hydrogens is 306 g/mol. The molecule has 1 aromatic heterocycles. The van der Waals surface area contributed by atoms with Crippen LogP contribution in [0.25, 0.3) is 11.3 Å². The molecule has 0 fully saturated rings. The molecule has 122 valence electrons. The number of para-hydroxylation sites is 2. The van der Waals surface area contributed by atoms with Gasteiger partial charge < -0.3 is 14.8 Å². The second kappa shape index (κ2) is 7.32. The van der Waals surface area contributed by atoms with Gasteiger partial charge >= 0.3 is 0 Å². The largest absolute Gasteiger partial charge is 0.493 e. The van der Waals surface area contributed by atoms with Crippen LogP contribution in [0.5, 0.6) is 11.5 Å². The van der Waals surface area contributed by atoms with Gasteiger partial charge in [0.2, 0.25) is 0 Å². The first-order valence-corrected chi connectivity index (χ1v) is 7.43. The smallest absolute Gasteiger partial charge is 0.263 e. The minimum absolute atomic E-state index is 0.131. The minimum Gasteiger partial charge on any atom is -0.493 e. The first kappa shape index (κ1) is 15.6. The van der Waals surface area contributed by atoms with Crippen LogP contribution in [0.15, 0.2) is 60.7 Å². The quantitative estimate of drug-likeness (QED) is 0.731. The Kier molecular flexibility index (Phi) is 4.76. The molecule has 2 N–H and O–H groups in total. The molecule has 3 aromatic rings. The number of carbonyl (C=O) groups excluding carboxylic acids is 1. The number of rotatable bonds is 6. The maximum absolute atomic E-state index is 12.0. The van der Waals surface area contributed by atoms with Crippen LogP contribution < -0.4 is 14.8 Å². The SMILES string of the molecule is COc1ccccc1OCC(=O)Nc1cc(-c2ccccc2)[nH]n1. The summed E-state index contributed by atoms with van der Waals surface area (Å²) in [6.07, 6.45) is 0. The number of H-pyrrole nitrogens is 1. The molecule has 0 saturated carbocycles. The van der Waals surface area contributed by atoms with Gasteiger partial charge in [0.15, 0.2) is 23.9 Å². The number of methoxy groups -OCH3 is 1. The molecule has 6 heteroatoms. The topological polar surface area (TPSA) is 76.2 Å². The second-order valence-electron chi connectivity index (χ2n) is 5.02. The van der Waals surface area contributed by atoms with Crippen molar-refractivity contribution in [3.05, 3.63) is 60.7 Å². The van der Waals surface area contributed by atoms with E-state index in [1.807, 2.05) is 42.5 Å². The third-order valence-corrected chi connectivity index (χ3v) is 3.36. The lowest BCUT2D eigenvalue weighted by atomic mass is 10.2. The first-order valence-electron chi connectivity index (χ1n) is 7.43. The van der Waals surface area contributed by atoms with Gasteiger partial charge in [-0.3, -0.25) is 9.89 Å². The Morgan fingerprint density at radius 2 is 1.79 bits per heavy atom. The summed E-state index contributed by atoms with van der Waals surface area (Å²) in [5.74, 6) is 1.24. The summed E-state index contributed by atoms with van der Waals surface area (Å²) in [6, 6.07) is 18.7. The molecule has 0 aliphatic carbocycles. The number of amides is 1. The van der Waals surface area contributed by atoms with E-state index in [0.29, 0.717) is 17.3 Å². The highest BCUT2D eigenvalue weighted by molar-refractivity contribution is 5.91. The summed E-state index contributed by atoms with van der Waals surface area (Å²) in [4.78, 5) is 12.0. The van der Waals surface area contributed by atoms with Crippen molar-refractivity contribution in [1.82, 2.24) is 10.2 Å². The standard InChI is InChI=1S/C18H17N3O3/c1-23-15-9-5-6-10-16(15)24-12-18(22)19-17-11-14(20-21-17)13-7-3-2-4-8-13/h2-11H,12H2,1H3,(H2,19,20,21,22). The first-order chi connectivity index (χ1) is 11.8. The number of aromatic nitrogens is 2. The fraction of sp³-hybridized carbons (Fsp3) is 0.111. The summed E-state index contributed by atoms with van der Waals surface area (Å²) in [5, 5.41) is 9.67. The zero-order valence-corrected chi connectivity index (χ0v) is 13.2. The zero-order valence-electron chi connectivity index (χ0n) is 13.2. The molecule has 0 aliphatic rings. The van der Waals surface area contributed by atoms with Gasteiger partial charge in [0.05, 0.1) is 12.8 Å². The average Bonchev–Trinajstić information content (AvgIpc) is 3.09. The summed E-state index contributed by atoms with van der Waals surface area (Å²) in [6.45, 7) is -0.131. The van der Waals surface area contributed by atoms with Gasteiger partial charge in [-0.25, -0.2) is 0 Å². The lowest BCUT2D eigenvalue weighted by Crippen LogP contribution is -2.20. The molecular formula is C18H17N3O3. The van der Waals surface area contributed by atoms with E-state index in [0.717, 1.165) is 11.3 Å². The fourth-order valence-corrected chi connectivity index (χ4v) is 2.21. The van der Waals surface area contributed by atoms with Gasteiger partial charge in [0, 0.05) is 6.07 Å². The maximum atomic E-state index is 12.0. The Hall–Kier alpha value is -3.28. The second-order valence-corrected chi connectivity index (χ2v) is 5.02. The fourth-order valence-electron chi connectivity index (χ4n) is 2.21. The van der Waals surface area contributed by atoms with Gasteiger partial charge in [0.1, 0.15) is 0 Å². The van der Waals surface area contributed by atoms with E-state index in [2.05, 4.69) is 15.5 Å². The number of nitrogens with zero attached hydrogens (tertiary/aromatic N) is 1. The van der Waals surface area contributed by atoms with Crippen LogP contribution in [0.4, 0.5) is 5.82 Å². The molecule has 0 atom stereocenters.